The third kappa shape index (κ3) is 5.46. The van der Waals surface area contributed by atoms with E-state index in [1.54, 1.807) is 0 Å². The largest absolute Gasteiger partial charge is 0.493 e. The summed E-state index contributed by atoms with van der Waals surface area (Å²) in [6, 6.07) is 20.6. The number of rotatable bonds is 8. The van der Waals surface area contributed by atoms with Crippen LogP contribution >= 0.6 is 0 Å². The Bertz CT molecular complexity index is 892. The number of hydrogen-bond donors (Lipinski definition) is 1. The third-order valence-electron chi connectivity index (χ3n) is 5.45. The number of likely N-dealkylation sites (tertiary alicyclic amines) is 1. The van der Waals surface area contributed by atoms with Crippen molar-refractivity contribution in [3.8, 4) is 5.75 Å². The highest BCUT2D eigenvalue weighted by Crippen LogP contribution is 2.24. The maximum absolute atomic E-state index is 10.4. The number of aliphatic hydroxyl groups is 1. The number of benzene rings is 2. The molecule has 2 heterocycles. The molecule has 1 fully saturated rings. The fourth-order valence-electron chi connectivity index (χ4n) is 3.92. The molecule has 0 aliphatic carbocycles. The van der Waals surface area contributed by atoms with Gasteiger partial charge >= 0.3 is 0 Å². The highest BCUT2D eigenvalue weighted by atomic mass is 16.5. The predicted molar refractivity (Wildman–Crippen MR) is 112 cm³/mol. The molecule has 1 saturated heterocycles. The van der Waals surface area contributed by atoms with Gasteiger partial charge in [0.05, 0.1) is 18.4 Å². The Hall–Kier alpha value is -2.63. The lowest BCUT2D eigenvalue weighted by molar-refractivity contribution is 0.137. The van der Waals surface area contributed by atoms with Crippen molar-refractivity contribution in [1.82, 2.24) is 10.1 Å². The molecule has 1 N–H and O–H groups in total. The number of aryl methyl sites for hydroxylation is 1. The van der Waals surface area contributed by atoms with Crippen LogP contribution in [0.5, 0.6) is 5.75 Å². The van der Waals surface area contributed by atoms with Crippen LogP contribution in [0.25, 0.3) is 0 Å². The van der Waals surface area contributed by atoms with E-state index in [2.05, 4.69) is 46.5 Å². The van der Waals surface area contributed by atoms with Gasteiger partial charge < -0.3 is 14.4 Å². The van der Waals surface area contributed by atoms with Crippen LogP contribution in [0.2, 0.25) is 0 Å². The van der Waals surface area contributed by atoms with Gasteiger partial charge in [-0.3, -0.25) is 4.90 Å². The maximum Gasteiger partial charge on any atom is 0.137 e. The van der Waals surface area contributed by atoms with Gasteiger partial charge in [0, 0.05) is 44.5 Å². The lowest BCUT2D eigenvalue weighted by Crippen LogP contribution is -2.21. The van der Waals surface area contributed by atoms with Crippen molar-refractivity contribution in [2.75, 3.05) is 19.7 Å². The van der Waals surface area contributed by atoms with Gasteiger partial charge in [0.15, 0.2) is 0 Å². The second-order valence-corrected chi connectivity index (χ2v) is 7.89. The SMILES string of the molecule is Cc1cc(C[C@@H]2CN(Cc3ccc(OCCc4ccccc4)cc3)C[C@@H]2O)on1. The lowest BCUT2D eigenvalue weighted by atomic mass is 10.0. The smallest absolute Gasteiger partial charge is 0.137 e. The second-order valence-electron chi connectivity index (χ2n) is 7.89. The fourth-order valence-corrected chi connectivity index (χ4v) is 3.92. The van der Waals surface area contributed by atoms with E-state index in [0.29, 0.717) is 13.2 Å². The third-order valence-corrected chi connectivity index (χ3v) is 5.45. The normalized spacial score (nSPS) is 19.5. The first-order chi connectivity index (χ1) is 14.2. The summed E-state index contributed by atoms with van der Waals surface area (Å²) in [6.07, 6.45) is 1.30. The van der Waals surface area contributed by atoms with E-state index in [1.807, 2.05) is 31.2 Å². The van der Waals surface area contributed by atoms with E-state index in [4.69, 9.17) is 9.26 Å². The van der Waals surface area contributed by atoms with Crippen LogP contribution < -0.4 is 4.74 Å². The minimum Gasteiger partial charge on any atom is -0.493 e. The van der Waals surface area contributed by atoms with Gasteiger partial charge in [0.2, 0.25) is 0 Å². The van der Waals surface area contributed by atoms with E-state index < -0.39 is 0 Å². The molecule has 5 nitrogen and oxygen atoms in total. The summed E-state index contributed by atoms with van der Waals surface area (Å²) in [4.78, 5) is 2.30. The molecule has 1 aliphatic rings. The first-order valence-corrected chi connectivity index (χ1v) is 10.2. The number of β-amino-alcohol motifs (C(OH)–C–C–N with tert-alkyl or cyclic N) is 1. The maximum atomic E-state index is 10.4. The van der Waals surface area contributed by atoms with Gasteiger partial charge in [0.25, 0.3) is 0 Å². The van der Waals surface area contributed by atoms with Crippen LogP contribution in [-0.2, 0) is 19.4 Å². The number of nitrogens with zero attached hydrogens (tertiary/aromatic N) is 2. The molecule has 4 rings (SSSR count). The van der Waals surface area contributed by atoms with Crippen molar-refractivity contribution in [3.05, 3.63) is 83.2 Å². The molecule has 1 aliphatic heterocycles. The Morgan fingerprint density at radius 3 is 2.59 bits per heavy atom. The van der Waals surface area contributed by atoms with Crippen molar-refractivity contribution < 1.29 is 14.4 Å². The van der Waals surface area contributed by atoms with Gasteiger partial charge in [-0.25, -0.2) is 0 Å². The van der Waals surface area contributed by atoms with Crippen LogP contribution in [-0.4, -0.2) is 41.0 Å². The zero-order valence-corrected chi connectivity index (χ0v) is 16.8. The van der Waals surface area contributed by atoms with Crippen molar-refractivity contribution in [3.63, 3.8) is 0 Å². The molecule has 1 aromatic heterocycles. The Labute approximate surface area is 171 Å². The highest BCUT2D eigenvalue weighted by Gasteiger charge is 2.32. The van der Waals surface area contributed by atoms with E-state index in [9.17, 15) is 5.11 Å². The molecule has 0 unspecified atom stereocenters. The molecule has 0 radical (unpaired) electrons. The molecule has 2 atom stereocenters. The minimum atomic E-state index is -0.332. The summed E-state index contributed by atoms with van der Waals surface area (Å²) < 4.78 is 11.2. The number of hydrogen-bond acceptors (Lipinski definition) is 5. The molecular formula is C24H28N2O3. The molecule has 3 aromatic rings. The zero-order valence-electron chi connectivity index (χ0n) is 16.8. The van der Waals surface area contributed by atoms with Crippen LogP contribution in [0.4, 0.5) is 0 Å². The molecular weight excluding hydrogens is 364 g/mol. The van der Waals surface area contributed by atoms with Crippen LogP contribution in [0.3, 0.4) is 0 Å². The van der Waals surface area contributed by atoms with E-state index in [-0.39, 0.29) is 12.0 Å². The topological polar surface area (TPSA) is 58.7 Å². The van der Waals surface area contributed by atoms with Crippen LogP contribution in [0, 0.1) is 12.8 Å². The van der Waals surface area contributed by atoms with Gasteiger partial charge in [0.1, 0.15) is 11.5 Å². The van der Waals surface area contributed by atoms with Gasteiger partial charge in [-0.15, -0.1) is 0 Å². The molecule has 0 amide bonds. The Morgan fingerprint density at radius 1 is 1.07 bits per heavy atom. The van der Waals surface area contributed by atoms with E-state index in [1.165, 1.54) is 11.1 Å². The predicted octanol–water partition coefficient (Wildman–Crippen LogP) is 3.64. The molecule has 0 saturated carbocycles. The molecule has 152 valence electrons. The first-order valence-electron chi connectivity index (χ1n) is 10.2. The second kappa shape index (κ2) is 9.25. The molecule has 0 bridgehead atoms. The Balaban J connectivity index is 1.24. The summed E-state index contributed by atoms with van der Waals surface area (Å²) in [6.45, 7) is 4.96. The minimum absolute atomic E-state index is 0.183. The lowest BCUT2D eigenvalue weighted by Gasteiger charge is -2.15. The van der Waals surface area contributed by atoms with Crippen molar-refractivity contribution >= 4 is 0 Å². The van der Waals surface area contributed by atoms with Crippen LogP contribution in [0.15, 0.2) is 65.2 Å². The Morgan fingerprint density at radius 2 is 1.86 bits per heavy atom. The quantitative estimate of drug-likeness (QED) is 0.634. The number of ether oxygens (including phenoxy) is 1. The van der Waals surface area contributed by atoms with E-state index in [0.717, 1.165) is 43.1 Å². The summed E-state index contributed by atoms with van der Waals surface area (Å²) in [5.41, 5.74) is 3.39. The average Bonchev–Trinajstić information content (AvgIpc) is 3.29. The molecule has 0 spiro atoms. The van der Waals surface area contributed by atoms with Crippen LogP contribution in [0.1, 0.15) is 22.6 Å². The zero-order chi connectivity index (χ0) is 20.1. The van der Waals surface area contributed by atoms with Gasteiger partial charge in [-0.2, -0.15) is 0 Å². The fraction of sp³-hybridized carbons (Fsp3) is 0.375. The Kier molecular flexibility index (Phi) is 6.27. The van der Waals surface area contributed by atoms with Crippen molar-refractivity contribution in [1.29, 1.82) is 0 Å². The van der Waals surface area contributed by atoms with Gasteiger partial charge in [-0.1, -0.05) is 47.6 Å². The summed E-state index contributed by atoms with van der Waals surface area (Å²) in [7, 11) is 0. The van der Waals surface area contributed by atoms with E-state index >= 15 is 0 Å². The number of aliphatic hydroxyl groups excluding tert-OH is 1. The monoisotopic (exact) mass is 392 g/mol. The van der Waals surface area contributed by atoms with Gasteiger partial charge in [-0.05, 0) is 30.2 Å². The first kappa shape index (κ1) is 19.7. The molecule has 2 aromatic carbocycles. The molecule has 5 heteroatoms. The molecule has 29 heavy (non-hydrogen) atoms. The summed E-state index contributed by atoms with van der Waals surface area (Å²) >= 11 is 0. The summed E-state index contributed by atoms with van der Waals surface area (Å²) in [5, 5.41) is 14.4. The van der Waals surface area contributed by atoms with Crippen molar-refractivity contribution in [2.24, 2.45) is 5.92 Å². The highest BCUT2D eigenvalue weighted by molar-refractivity contribution is 5.27. The number of aromatic nitrogens is 1. The standard InChI is InChI=1S/C24H28N2O3/c1-18-13-23(29-25-18)14-21-16-26(17-24(21)27)15-20-7-9-22(10-8-20)28-12-11-19-5-3-2-4-6-19/h2-10,13,21,24,27H,11-12,14-17H2,1H3/t21-,24+/m1/s1. The average molecular weight is 392 g/mol. The van der Waals surface area contributed by atoms with Crippen molar-refractivity contribution in [2.45, 2.75) is 32.4 Å². The summed E-state index contributed by atoms with van der Waals surface area (Å²) in [5.74, 6) is 1.93.